The molecule has 0 N–H and O–H groups in total. The Labute approximate surface area is 412 Å². The van der Waals surface area contributed by atoms with Gasteiger partial charge >= 0.3 is 17.9 Å². The normalized spacial score (nSPS) is 12.0. The molecule has 0 aromatic heterocycles. The summed E-state index contributed by atoms with van der Waals surface area (Å²) in [5.41, 5.74) is 0. The molecule has 392 valence electrons. The lowest BCUT2D eigenvalue weighted by Crippen LogP contribution is -2.30. The van der Waals surface area contributed by atoms with Gasteiger partial charge in [-0.3, -0.25) is 14.4 Å². The summed E-state index contributed by atoms with van der Waals surface area (Å²) in [5, 5.41) is 0. The van der Waals surface area contributed by atoms with Crippen molar-refractivity contribution in [3.05, 3.63) is 0 Å². The minimum Gasteiger partial charge on any atom is -0.462 e. The second-order valence-corrected chi connectivity index (χ2v) is 21.1. The lowest BCUT2D eigenvalue weighted by atomic mass is 10.0. The molecule has 0 saturated heterocycles. The van der Waals surface area contributed by atoms with Crippen LogP contribution in [0.25, 0.3) is 0 Å². The quantitative estimate of drug-likeness (QED) is 0.0343. The first-order valence-electron chi connectivity index (χ1n) is 29.9. The van der Waals surface area contributed by atoms with Crippen molar-refractivity contribution in [1.29, 1.82) is 0 Å². The fourth-order valence-electron chi connectivity index (χ4n) is 9.28. The van der Waals surface area contributed by atoms with Crippen LogP contribution in [0.5, 0.6) is 0 Å². The molecule has 0 bridgehead atoms. The van der Waals surface area contributed by atoms with Gasteiger partial charge < -0.3 is 14.2 Å². The van der Waals surface area contributed by atoms with Gasteiger partial charge in [0.25, 0.3) is 0 Å². The van der Waals surface area contributed by atoms with E-state index in [1.807, 2.05) is 0 Å². The maximum absolute atomic E-state index is 12.9. The molecular weight excluding hydrogens is 817 g/mol. The summed E-state index contributed by atoms with van der Waals surface area (Å²) in [6.45, 7) is 9.06. The van der Waals surface area contributed by atoms with Crippen molar-refractivity contribution in [1.82, 2.24) is 0 Å². The summed E-state index contributed by atoms with van der Waals surface area (Å²) in [7, 11) is 0. The van der Waals surface area contributed by atoms with Crippen molar-refractivity contribution >= 4 is 17.9 Å². The van der Waals surface area contributed by atoms with Crippen molar-refractivity contribution < 1.29 is 28.6 Å². The number of rotatable bonds is 55. The lowest BCUT2D eigenvalue weighted by Gasteiger charge is -2.18. The Morgan fingerprint density at radius 1 is 0.288 bits per heavy atom. The van der Waals surface area contributed by atoms with Gasteiger partial charge in [-0.15, -0.1) is 0 Å². The minimum atomic E-state index is -0.762. The van der Waals surface area contributed by atoms with E-state index in [4.69, 9.17) is 14.2 Å². The second-order valence-electron chi connectivity index (χ2n) is 21.1. The number of carbonyl (C=O) groups is 3. The van der Waals surface area contributed by atoms with Crippen LogP contribution in [0.1, 0.15) is 342 Å². The largest absolute Gasteiger partial charge is 0.462 e. The fraction of sp³-hybridized carbons (Fsp3) is 0.950. The summed E-state index contributed by atoms with van der Waals surface area (Å²) >= 11 is 0. The molecule has 0 aromatic carbocycles. The number of hydrogen-bond acceptors (Lipinski definition) is 6. The van der Waals surface area contributed by atoms with E-state index in [1.165, 1.54) is 238 Å². The standard InChI is InChI=1S/C60H116O6/c1-5-7-9-11-13-15-17-19-21-23-24-26-27-31-35-39-43-47-51-58(61)64-54-57(55-65-59(62)52-48-44-40-36-33-29-30-34-38-42-46-50-56(3)4)66-60(63)53-49-45-41-37-32-28-25-22-20-18-16-14-12-10-8-6-2/h56-57H,5-55H2,1-4H3/t57-/m0/s1. The zero-order chi connectivity index (χ0) is 48.1. The van der Waals surface area contributed by atoms with Gasteiger partial charge in [-0.1, -0.05) is 304 Å². The van der Waals surface area contributed by atoms with Gasteiger partial charge in [-0.25, -0.2) is 0 Å². The van der Waals surface area contributed by atoms with Gasteiger partial charge in [0.05, 0.1) is 0 Å². The topological polar surface area (TPSA) is 78.9 Å². The number of esters is 3. The highest BCUT2D eigenvalue weighted by Gasteiger charge is 2.19. The van der Waals surface area contributed by atoms with E-state index in [0.717, 1.165) is 63.7 Å². The Morgan fingerprint density at radius 3 is 0.742 bits per heavy atom. The van der Waals surface area contributed by atoms with Crippen LogP contribution in [0, 0.1) is 5.92 Å². The first-order valence-corrected chi connectivity index (χ1v) is 29.9. The van der Waals surface area contributed by atoms with Crippen molar-refractivity contribution in [3.63, 3.8) is 0 Å². The molecule has 0 aliphatic heterocycles. The monoisotopic (exact) mass is 933 g/mol. The molecule has 6 nitrogen and oxygen atoms in total. The number of hydrogen-bond donors (Lipinski definition) is 0. The van der Waals surface area contributed by atoms with E-state index in [-0.39, 0.29) is 31.1 Å². The molecule has 6 heteroatoms. The smallest absolute Gasteiger partial charge is 0.306 e. The highest BCUT2D eigenvalue weighted by atomic mass is 16.6. The molecule has 0 heterocycles. The molecule has 0 saturated carbocycles. The van der Waals surface area contributed by atoms with E-state index in [2.05, 4.69) is 27.7 Å². The fourth-order valence-corrected chi connectivity index (χ4v) is 9.28. The molecule has 0 amide bonds. The van der Waals surface area contributed by atoms with Crippen LogP contribution in [-0.4, -0.2) is 37.2 Å². The highest BCUT2D eigenvalue weighted by molar-refractivity contribution is 5.71. The molecule has 0 fully saturated rings. The third kappa shape index (κ3) is 53.4. The SMILES string of the molecule is CCCCCCCCCCCCCCCCCCCCC(=O)OC[C@@H](COC(=O)CCCCCCCCCCCCCC(C)C)OC(=O)CCCCCCCCCCCCCCCCCC. The van der Waals surface area contributed by atoms with Gasteiger partial charge in [0.15, 0.2) is 6.10 Å². The molecule has 66 heavy (non-hydrogen) atoms. The van der Waals surface area contributed by atoms with Crippen LogP contribution in [-0.2, 0) is 28.6 Å². The van der Waals surface area contributed by atoms with E-state index >= 15 is 0 Å². The second kappa shape index (κ2) is 54.4. The Bertz CT molecular complexity index is 996. The van der Waals surface area contributed by atoms with Crippen LogP contribution in [0.2, 0.25) is 0 Å². The van der Waals surface area contributed by atoms with Crippen LogP contribution in [0.15, 0.2) is 0 Å². The Hall–Kier alpha value is -1.59. The summed E-state index contributed by atoms with van der Waals surface area (Å²) in [6.07, 6.45) is 59.5. The van der Waals surface area contributed by atoms with Gasteiger partial charge in [-0.2, -0.15) is 0 Å². The molecule has 0 aliphatic carbocycles. The number of carbonyl (C=O) groups excluding carboxylic acids is 3. The van der Waals surface area contributed by atoms with Gasteiger partial charge in [0.2, 0.25) is 0 Å². The zero-order valence-corrected chi connectivity index (χ0v) is 45.2. The number of unbranched alkanes of at least 4 members (excludes halogenated alkanes) is 42. The van der Waals surface area contributed by atoms with E-state index in [1.54, 1.807) is 0 Å². The summed E-state index contributed by atoms with van der Waals surface area (Å²) in [4.78, 5) is 38.2. The van der Waals surface area contributed by atoms with Crippen molar-refractivity contribution in [3.8, 4) is 0 Å². The van der Waals surface area contributed by atoms with E-state index in [9.17, 15) is 14.4 Å². The van der Waals surface area contributed by atoms with Crippen molar-refractivity contribution in [2.75, 3.05) is 13.2 Å². The predicted molar refractivity (Wildman–Crippen MR) is 284 cm³/mol. The van der Waals surface area contributed by atoms with Gasteiger partial charge in [0, 0.05) is 19.3 Å². The average molecular weight is 934 g/mol. The summed E-state index contributed by atoms with van der Waals surface area (Å²) < 4.78 is 16.9. The predicted octanol–water partition coefficient (Wildman–Crippen LogP) is 19.8. The first kappa shape index (κ1) is 64.4. The maximum Gasteiger partial charge on any atom is 0.306 e. The van der Waals surface area contributed by atoms with Crippen LogP contribution >= 0.6 is 0 Å². The van der Waals surface area contributed by atoms with Crippen LogP contribution in [0.4, 0.5) is 0 Å². The lowest BCUT2D eigenvalue weighted by molar-refractivity contribution is -0.167. The molecule has 0 radical (unpaired) electrons. The summed E-state index contributed by atoms with van der Waals surface area (Å²) in [6, 6.07) is 0. The first-order chi connectivity index (χ1) is 32.4. The molecular formula is C60H116O6. The molecule has 0 rings (SSSR count). The minimum absolute atomic E-state index is 0.0617. The Morgan fingerprint density at radius 2 is 0.500 bits per heavy atom. The van der Waals surface area contributed by atoms with E-state index in [0.29, 0.717) is 19.3 Å². The van der Waals surface area contributed by atoms with Gasteiger partial charge in [-0.05, 0) is 25.2 Å². The van der Waals surface area contributed by atoms with Crippen LogP contribution in [0.3, 0.4) is 0 Å². The number of ether oxygens (including phenoxy) is 3. The zero-order valence-electron chi connectivity index (χ0n) is 45.2. The third-order valence-electron chi connectivity index (χ3n) is 13.8. The molecule has 0 spiro atoms. The Kier molecular flexibility index (Phi) is 53.0. The van der Waals surface area contributed by atoms with E-state index < -0.39 is 6.10 Å². The van der Waals surface area contributed by atoms with Crippen molar-refractivity contribution in [2.45, 2.75) is 348 Å². The molecule has 1 atom stereocenters. The highest BCUT2D eigenvalue weighted by Crippen LogP contribution is 2.18. The Balaban J connectivity index is 4.28. The van der Waals surface area contributed by atoms with Crippen LogP contribution < -0.4 is 0 Å². The molecule has 0 aliphatic rings. The maximum atomic E-state index is 12.9. The van der Waals surface area contributed by atoms with Gasteiger partial charge in [0.1, 0.15) is 13.2 Å². The summed E-state index contributed by atoms with van der Waals surface area (Å²) in [5.74, 6) is -0.00648. The third-order valence-corrected chi connectivity index (χ3v) is 13.8. The average Bonchev–Trinajstić information content (AvgIpc) is 3.30. The molecule has 0 unspecified atom stereocenters. The van der Waals surface area contributed by atoms with Crippen molar-refractivity contribution in [2.24, 2.45) is 5.92 Å². The molecule has 0 aromatic rings.